The molecule has 1 fully saturated rings. The topological polar surface area (TPSA) is 58.1 Å². The molecule has 100 valence electrons. The summed E-state index contributed by atoms with van der Waals surface area (Å²) < 4.78 is 3.76. The SMILES string of the molecule is CC(C)N(CC1CCCCN1)C(=O)c1cnns1. The molecule has 1 aliphatic heterocycles. The largest absolute Gasteiger partial charge is 0.334 e. The molecule has 0 saturated carbocycles. The molecule has 1 N–H and O–H groups in total. The third kappa shape index (κ3) is 3.26. The Balaban J connectivity index is 2.01. The first kappa shape index (κ1) is 13.4. The Morgan fingerprint density at radius 1 is 1.61 bits per heavy atom. The Kier molecular flexibility index (Phi) is 4.66. The first-order chi connectivity index (χ1) is 8.68. The highest BCUT2D eigenvalue weighted by molar-refractivity contribution is 7.07. The summed E-state index contributed by atoms with van der Waals surface area (Å²) in [7, 11) is 0. The van der Waals surface area contributed by atoms with Crippen LogP contribution in [0.3, 0.4) is 0 Å². The molecule has 1 aliphatic rings. The van der Waals surface area contributed by atoms with Gasteiger partial charge in [0.15, 0.2) is 0 Å². The van der Waals surface area contributed by atoms with Crippen molar-refractivity contribution in [1.82, 2.24) is 19.8 Å². The van der Waals surface area contributed by atoms with Crippen molar-refractivity contribution in [3.63, 3.8) is 0 Å². The minimum Gasteiger partial charge on any atom is -0.334 e. The summed E-state index contributed by atoms with van der Waals surface area (Å²) in [4.78, 5) is 14.9. The first-order valence-corrected chi connectivity index (χ1v) is 7.27. The zero-order valence-electron chi connectivity index (χ0n) is 10.9. The van der Waals surface area contributed by atoms with Gasteiger partial charge in [0.25, 0.3) is 5.91 Å². The van der Waals surface area contributed by atoms with Crippen molar-refractivity contribution in [2.45, 2.75) is 45.2 Å². The van der Waals surface area contributed by atoms with Crippen molar-refractivity contribution in [3.05, 3.63) is 11.1 Å². The van der Waals surface area contributed by atoms with Gasteiger partial charge in [-0.1, -0.05) is 10.9 Å². The maximum atomic E-state index is 12.3. The second-order valence-electron chi connectivity index (χ2n) is 4.98. The van der Waals surface area contributed by atoms with E-state index in [2.05, 4.69) is 28.8 Å². The highest BCUT2D eigenvalue weighted by atomic mass is 32.1. The number of nitrogens with zero attached hydrogens (tertiary/aromatic N) is 3. The van der Waals surface area contributed by atoms with Gasteiger partial charge in [0.2, 0.25) is 0 Å². The van der Waals surface area contributed by atoms with E-state index in [0.29, 0.717) is 10.9 Å². The first-order valence-electron chi connectivity index (χ1n) is 6.50. The fourth-order valence-corrected chi connectivity index (χ4v) is 2.72. The van der Waals surface area contributed by atoms with E-state index in [1.165, 1.54) is 24.4 Å². The average molecular weight is 268 g/mol. The monoisotopic (exact) mass is 268 g/mol. The Hall–Kier alpha value is -1.01. The Bertz CT molecular complexity index is 373. The van der Waals surface area contributed by atoms with Crippen molar-refractivity contribution in [2.24, 2.45) is 0 Å². The summed E-state index contributed by atoms with van der Waals surface area (Å²) in [6.07, 6.45) is 5.19. The molecule has 0 aliphatic carbocycles. The molecule has 18 heavy (non-hydrogen) atoms. The van der Waals surface area contributed by atoms with E-state index in [4.69, 9.17) is 0 Å². The van der Waals surface area contributed by atoms with Crippen molar-refractivity contribution in [1.29, 1.82) is 0 Å². The highest BCUT2D eigenvalue weighted by Crippen LogP contribution is 2.14. The third-order valence-electron chi connectivity index (χ3n) is 3.29. The summed E-state index contributed by atoms with van der Waals surface area (Å²) >= 11 is 1.17. The highest BCUT2D eigenvalue weighted by Gasteiger charge is 2.24. The number of aromatic nitrogens is 2. The molecular weight excluding hydrogens is 248 g/mol. The number of carbonyl (C=O) groups is 1. The van der Waals surface area contributed by atoms with E-state index in [1.54, 1.807) is 6.20 Å². The van der Waals surface area contributed by atoms with Crippen LogP contribution >= 0.6 is 11.5 Å². The van der Waals surface area contributed by atoms with E-state index in [0.717, 1.165) is 19.5 Å². The van der Waals surface area contributed by atoms with Crippen molar-refractivity contribution in [3.8, 4) is 0 Å². The molecule has 1 unspecified atom stereocenters. The standard InChI is InChI=1S/C12H20N4OS/c1-9(2)16(8-10-5-3-4-6-13-10)12(17)11-7-14-15-18-11/h7,9-10,13H,3-6,8H2,1-2H3. The smallest absolute Gasteiger partial charge is 0.267 e. The molecule has 0 spiro atoms. The molecule has 6 heteroatoms. The molecule has 0 bridgehead atoms. The van der Waals surface area contributed by atoms with Gasteiger partial charge in [-0.15, -0.1) is 5.10 Å². The predicted octanol–water partition coefficient (Wildman–Crippen LogP) is 1.53. The lowest BCUT2D eigenvalue weighted by molar-refractivity contribution is 0.0681. The van der Waals surface area contributed by atoms with Gasteiger partial charge >= 0.3 is 0 Å². The van der Waals surface area contributed by atoms with Gasteiger partial charge < -0.3 is 10.2 Å². The van der Waals surface area contributed by atoms with E-state index in [1.807, 2.05) is 4.90 Å². The molecule has 1 aromatic rings. The van der Waals surface area contributed by atoms with Crippen LogP contribution in [0.25, 0.3) is 0 Å². The molecule has 1 aromatic heterocycles. The Morgan fingerprint density at radius 2 is 2.44 bits per heavy atom. The van der Waals surface area contributed by atoms with Gasteiger partial charge in [0.05, 0.1) is 6.20 Å². The third-order valence-corrected chi connectivity index (χ3v) is 3.94. The molecule has 0 radical (unpaired) electrons. The van der Waals surface area contributed by atoms with Crippen LogP contribution in [-0.2, 0) is 0 Å². The Labute approximate surface area is 112 Å². The van der Waals surface area contributed by atoms with Gasteiger partial charge in [0.1, 0.15) is 4.88 Å². The van der Waals surface area contributed by atoms with Gasteiger partial charge in [-0.25, -0.2) is 0 Å². The molecular formula is C12H20N4OS. The van der Waals surface area contributed by atoms with Crippen LogP contribution < -0.4 is 5.32 Å². The number of amides is 1. The van der Waals surface area contributed by atoms with E-state index in [-0.39, 0.29) is 11.9 Å². The van der Waals surface area contributed by atoms with Crippen LogP contribution in [0.2, 0.25) is 0 Å². The van der Waals surface area contributed by atoms with Gasteiger partial charge in [-0.3, -0.25) is 4.79 Å². The summed E-state index contributed by atoms with van der Waals surface area (Å²) in [6.45, 7) is 5.94. The van der Waals surface area contributed by atoms with Crippen molar-refractivity contribution < 1.29 is 4.79 Å². The van der Waals surface area contributed by atoms with Gasteiger partial charge in [-0.05, 0) is 44.8 Å². The van der Waals surface area contributed by atoms with E-state index >= 15 is 0 Å². The zero-order chi connectivity index (χ0) is 13.0. The molecule has 2 rings (SSSR count). The maximum absolute atomic E-state index is 12.3. The molecule has 5 nitrogen and oxygen atoms in total. The van der Waals surface area contributed by atoms with Crippen molar-refractivity contribution >= 4 is 17.4 Å². The second-order valence-corrected chi connectivity index (χ2v) is 5.77. The number of hydrogen-bond donors (Lipinski definition) is 1. The minimum absolute atomic E-state index is 0.0485. The quantitative estimate of drug-likeness (QED) is 0.899. The lowest BCUT2D eigenvalue weighted by atomic mass is 10.0. The summed E-state index contributed by atoms with van der Waals surface area (Å²) in [5.41, 5.74) is 0. The van der Waals surface area contributed by atoms with E-state index < -0.39 is 0 Å². The number of nitrogens with one attached hydrogen (secondary N) is 1. The average Bonchev–Trinajstić information content (AvgIpc) is 2.90. The summed E-state index contributed by atoms with van der Waals surface area (Å²) in [5, 5.41) is 7.22. The van der Waals surface area contributed by atoms with E-state index in [9.17, 15) is 4.79 Å². The molecule has 1 amide bonds. The van der Waals surface area contributed by atoms with Crippen LogP contribution in [0.5, 0.6) is 0 Å². The van der Waals surface area contributed by atoms with Crippen LogP contribution in [0.1, 0.15) is 42.8 Å². The van der Waals surface area contributed by atoms with Gasteiger partial charge in [-0.2, -0.15) is 0 Å². The number of hydrogen-bond acceptors (Lipinski definition) is 5. The molecule has 1 saturated heterocycles. The molecule has 1 atom stereocenters. The normalized spacial score (nSPS) is 20.1. The lowest BCUT2D eigenvalue weighted by Gasteiger charge is -2.32. The number of rotatable bonds is 4. The zero-order valence-corrected chi connectivity index (χ0v) is 11.7. The minimum atomic E-state index is 0.0485. The maximum Gasteiger partial charge on any atom is 0.267 e. The number of carbonyl (C=O) groups excluding carboxylic acids is 1. The van der Waals surface area contributed by atoms with Crippen LogP contribution in [0, 0.1) is 0 Å². The molecule has 2 heterocycles. The Morgan fingerprint density at radius 3 is 3.00 bits per heavy atom. The van der Waals surface area contributed by atoms with Crippen LogP contribution in [0.4, 0.5) is 0 Å². The fourth-order valence-electron chi connectivity index (χ4n) is 2.25. The fraction of sp³-hybridized carbons (Fsp3) is 0.750. The summed E-state index contributed by atoms with van der Waals surface area (Å²) in [6, 6.07) is 0.620. The summed E-state index contributed by atoms with van der Waals surface area (Å²) in [5.74, 6) is 0.0485. The number of piperidine rings is 1. The lowest BCUT2D eigenvalue weighted by Crippen LogP contribution is -2.48. The van der Waals surface area contributed by atoms with Crippen molar-refractivity contribution in [2.75, 3.05) is 13.1 Å². The van der Waals surface area contributed by atoms with Crippen LogP contribution in [-0.4, -0.2) is 45.6 Å². The van der Waals surface area contributed by atoms with Gasteiger partial charge in [0, 0.05) is 18.6 Å². The second kappa shape index (κ2) is 6.24. The van der Waals surface area contributed by atoms with Crippen LogP contribution in [0.15, 0.2) is 6.20 Å². The molecule has 0 aromatic carbocycles. The predicted molar refractivity (Wildman–Crippen MR) is 71.7 cm³/mol.